The van der Waals surface area contributed by atoms with Crippen LogP contribution < -0.4 is 5.32 Å². The Morgan fingerprint density at radius 3 is 2.85 bits per heavy atom. The molecular formula is C19H18N6OS. The molecule has 4 aromatic heterocycles. The van der Waals surface area contributed by atoms with Gasteiger partial charge in [0, 0.05) is 6.04 Å². The van der Waals surface area contributed by atoms with Gasteiger partial charge in [0.25, 0.3) is 5.91 Å². The Kier molecular flexibility index (Phi) is 4.55. The van der Waals surface area contributed by atoms with Crippen LogP contribution in [-0.2, 0) is 0 Å². The fourth-order valence-electron chi connectivity index (χ4n) is 2.72. The van der Waals surface area contributed by atoms with Gasteiger partial charge >= 0.3 is 0 Å². The van der Waals surface area contributed by atoms with Gasteiger partial charge in [-0.1, -0.05) is 12.1 Å². The molecule has 136 valence electrons. The maximum absolute atomic E-state index is 12.6. The van der Waals surface area contributed by atoms with E-state index < -0.39 is 0 Å². The molecular weight excluding hydrogens is 360 g/mol. The molecule has 27 heavy (non-hydrogen) atoms. The molecule has 0 saturated carbocycles. The van der Waals surface area contributed by atoms with E-state index >= 15 is 0 Å². The zero-order valence-electron chi connectivity index (χ0n) is 14.9. The molecule has 0 atom stereocenters. The number of nitrogens with one attached hydrogen (secondary N) is 2. The molecule has 0 aliphatic rings. The van der Waals surface area contributed by atoms with Gasteiger partial charge in [0.1, 0.15) is 23.5 Å². The molecule has 4 heterocycles. The van der Waals surface area contributed by atoms with E-state index in [2.05, 4.69) is 39.3 Å². The van der Waals surface area contributed by atoms with E-state index in [4.69, 9.17) is 0 Å². The van der Waals surface area contributed by atoms with Crippen LogP contribution >= 0.6 is 11.3 Å². The number of hydrogen-bond donors (Lipinski definition) is 2. The van der Waals surface area contributed by atoms with Gasteiger partial charge in [-0.2, -0.15) is 0 Å². The highest BCUT2D eigenvalue weighted by Crippen LogP contribution is 2.24. The number of H-pyrrole nitrogens is 1. The van der Waals surface area contributed by atoms with Crippen LogP contribution in [0.25, 0.3) is 22.1 Å². The maximum atomic E-state index is 12.6. The van der Waals surface area contributed by atoms with E-state index in [0.29, 0.717) is 23.0 Å². The van der Waals surface area contributed by atoms with E-state index in [0.717, 1.165) is 10.6 Å². The number of nitrogens with zero attached hydrogens (tertiary/aromatic N) is 4. The van der Waals surface area contributed by atoms with Crippen molar-refractivity contribution in [3.8, 4) is 22.1 Å². The predicted molar refractivity (Wildman–Crippen MR) is 106 cm³/mol. The van der Waals surface area contributed by atoms with Crippen LogP contribution in [0.2, 0.25) is 0 Å². The molecule has 7 nitrogen and oxygen atoms in total. The average molecular weight is 378 g/mol. The van der Waals surface area contributed by atoms with Gasteiger partial charge in [-0.25, -0.2) is 4.98 Å². The van der Waals surface area contributed by atoms with Crippen LogP contribution in [0.5, 0.6) is 0 Å². The molecule has 0 aromatic carbocycles. The third kappa shape index (κ3) is 3.52. The number of carbonyl (C=O) groups is 1. The normalized spacial score (nSPS) is 11.1. The first-order valence-electron chi connectivity index (χ1n) is 8.53. The van der Waals surface area contributed by atoms with Gasteiger partial charge < -0.3 is 14.9 Å². The molecule has 1 amide bonds. The summed E-state index contributed by atoms with van der Waals surface area (Å²) >= 11 is 1.62. The SMILES string of the molecule is CC(C)n1cnnc1-c1cccc(NC(=O)c2ccc(-c3cccs3)[nH]2)n1. The number of hydrogen-bond acceptors (Lipinski definition) is 5. The van der Waals surface area contributed by atoms with Gasteiger partial charge in [-0.05, 0) is 49.6 Å². The largest absolute Gasteiger partial charge is 0.350 e. The molecule has 8 heteroatoms. The lowest BCUT2D eigenvalue weighted by molar-refractivity contribution is 0.102. The summed E-state index contributed by atoms with van der Waals surface area (Å²) in [6.45, 7) is 4.10. The van der Waals surface area contributed by atoms with E-state index in [1.54, 1.807) is 29.8 Å². The standard InChI is InChI=1S/C19H18N6OS/c1-12(2)25-11-20-24-18(25)14-5-3-7-17(22-14)23-19(26)15-9-8-13(21-15)16-6-4-10-27-16/h3-12,21H,1-2H3,(H,22,23,26). The second kappa shape index (κ2) is 7.16. The molecule has 0 fully saturated rings. The number of amides is 1. The Morgan fingerprint density at radius 2 is 2.07 bits per heavy atom. The number of anilines is 1. The lowest BCUT2D eigenvalue weighted by atomic mass is 10.3. The summed E-state index contributed by atoms with van der Waals surface area (Å²) in [5.41, 5.74) is 2.06. The van der Waals surface area contributed by atoms with Crippen molar-refractivity contribution in [2.75, 3.05) is 5.32 Å². The van der Waals surface area contributed by atoms with E-state index in [1.165, 1.54) is 0 Å². The molecule has 0 bridgehead atoms. The minimum absolute atomic E-state index is 0.213. The highest BCUT2D eigenvalue weighted by Gasteiger charge is 2.14. The van der Waals surface area contributed by atoms with Crippen molar-refractivity contribution in [1.82, 2.24) is 24.7 Å². The molecule has 0 aliphatic heterocycles. The van der Waals surface area contributed by atoms with Crippen molar-refractivity contribution in [3.05, 3.63) is 59.9 Å². The van der Waals surface area contributed by atoms with E-state index in [-0.39, 0.29) is 11.9 Å². The Hall–Kier alpha value is -3.26. The molecule has 4 rings (SSSR count). The monoisotopic (exact) mass is 378 g/mol. The second-order valence-electron chi connectivity index (χ2n) is 6.28. The van der Waals surface area contributed by atoms with Crippen molar-refractivity contribution < 1.29 is 4.79 Å². The van der Waals surface area contributed by atoms with Crippen LogP contribution in [0.1, 0.15) is 30.4 Å². The Bertz CT molecular complexity index is 1060. The molecule has 0 spiro atoms. The first-order valence-corrected chi connectivity index (χ1v) is 9.41. The zero-order chi connectivity index (χ0) is 18.8. The van der Waals surface area contributed by atoms with Gasteiger partial charge in [-0.3, -0.25) is 4.79 Å². The number of carbonyl (C=O) groups excluding carboxylic acids is 1. The van der Waals surface area contributed by atoms with Crippen LogP contribution in [-0.4, -0.2) is 30.6 Å². The summed E-state index contributed by atoms with van der Waals surface area (Å²) in [6.07, 6.45) is 1.68. The van der Waals surface area contributed by atoms with Gasteiger partial charge in [0.05, 0.1) is 10.6 Å². The summed E-state index contributed by atoms with van der Waals surface area (Å²) in [6, 6.07) is 13.3. The van der Waals surface area contributed by atoms with Crippen molar-refractivity contribution in [2.45, 2.75) is 19.9 Å². The molecule has 0 aliphatic carbocycles. The molecule has 0 unspecified atom stereocenters. The Labute approximate surface area is 160 Å². The first kappa shape index (κ1) is 17.2. The summed E-state index contributed by atoms with van der Waals surface area (Å²) in [5, 5.41) is 13.0. The summed E-state index contributed by atoms with van der Waals surface area (Å²) in [4.78, 5) is 21.3. The lowest BCUT2D eigenvalue weighted by Gasteiger charge is -2.10. The smallest absolute Gasteiger partial charge is 0.273 e. The number of aromatic amines is 1. The topological polar surface area (TPSA) is 88.5 Å². The van der Waals surface area contributed by atoms with Crippen LogP contribution in [0.15, 0.2) is 54.2 Å². The third-order valence-electron chi connectivity index (χ3n) is 4.07. The number of thiophene rings is 1. The second-order valence-corrected chi connectivity index (χ2v) is 7.23. The minimum atomic E-state index is -0.243. The molecule has 2 N–H and O–H groups in total. The van der Waals surface area contributed by atoms with Crippen molar-refractivity contribution in [3.63, 3.8) is 0 Å². The van der Waals surface area contributed by atoms with Crippen molar-refractivity contribution in [1.29, 1.82) is 0 Å². The number of aromatic nitrogens is 5. The van der Waals surface area contributed by atoms with Crippen LogP contribution in [0.3, 0.4) is 0 Å². The Morgan fingerprint density at radius 1 is 1.19 bits per heavy atom. The molecule has 0 saturated heterocycles. The highest BCUT2D eigenvalue weighted by atomic mass is 32.1. The zero-order valence-corrected chi connectivity index (χ0v) is 15.7. The molecule has 4 aromatic rings. The van der Waals surface area contributed by atoms with E-state index in [1.807, 2.05) is 40.3 Å². The quantitative estimate of drug-likeness (QED) is 0.544. The number of pyridine rings is 1. The minimum Gasteiger partial charge on any atom is -0.350 e. The van der Waals surface area contributed by atoms with Crippen LogP contribution in [0, 0.1) is 0 Å². The van der Waals surface area contributed by atoms with Crippen molar-refractivity contribution >= 4 is 23.1 Å². The highest BCUT2D eigenvalue weighted by molar-refractivity contribution is 7.13. The molecule has 0 radical (unpaired) electrons. The Balaban J connectivity index is 1.55. The summed E-state index contributed by atoms with van der Waals surface area (Å²) in [7, 11) is 0. The fraction of sp³-hybridized carbons (Fsp3) is 0.158. The van der Waals surface area contributed by atoms with Crippen LogP contribution in [0.4, 0.5) is 5.82 Å². The summed E-state index contributed by atoms with van der Waals surface area (Å²) < 4.78 is 1.94. The third-order valence-corrected chi connectivity index (χ3v) is 4.97. The predicted octanol–water partition coefficient (Wildman–Crippen LogP) is 4.23. The van der Waals surface area contributed by atoms with Gasteiger partial charge in [0.15, 0.2) is 5.82 Å². The average Bonchev–Trinajstić information content (AvgIpc) is 3.42. The fourth-order valence-corrected chi connectivity index (χ4v) is 3.43. The van der Waals surface area contributed by atoms with Gasteiger partial charge in [0.2, 0.25) is 0 Å². The van der Waals surface area contributed by atoms with Gasteiger partial charge in [-0.15, -0.1) is 21.5 Å². The van der Waals surface area contributed by atoms with Crippen molar-refractivity contribution in [2.24, 2.45) is 0 Å². The first-order chi connectivity index (χ1) is 13.1. The van der Waals surface area contributed by atoms with E-state index in [9.17, 15) is 4.79 Å². The summed E-state index contributed by atoms with van der Waals surface area (Å²) in [5.74, 6) is 0.886. The maximum Gasteiger partial charge on any atom is 0.273 e. The number of rotatable bonds is 5. The lowest BCUT2D eigenvalue weighted by Crippen LogP contribution is -2.13.